The van der Waals surface area contributed by atoms with Crippen LogP contribution in [-0.4, -0.2) is 30.3 Å². The lowest BCUT2D eigenvalue weighted by atomic mass is 9.85. The fourth-order valence-electron chi connectivity index (χ4n) is 3.05. The number of carbonyl (C=O) groups is 1. The molecule has 1 aromatic rings. The molecular formula is C18H27NO3. The maximum absolute atomic E-state index is 12.1. The van der Waals surface area contributed by atoms with E-state index in [0.29, 0.717) is 13.0 Å². The third-order valence-corrected chi connectivity index (χ3v) is 4.58. The molecule has 1 amide bonds. The molecule has 0 bridgehead atoms. The van der Waals surface area contributed by atoms with E-state index in [1.54, 1.807) is 7.11 Å². The van der Waals surface area contributed by atoms with Crippen LogP contribution in [-0.2, 0) is 4.79 Å². The number of carbonyl (C=O) groups excluding carboxylic acids is 1. The van der Waals surface area contributed by atoms with Gasteiger partial charge in [0.1, 0.15) is 5.75 Å². The van der Waals surface area contributed by atoms with Gasteiger partial charge in [0.2, 0.25) is 5.91 Å². The molecule has 0 spiro atoms. The molecule has 0 heterocycles. The summed E-state index contributed by atoms with van der Waals surface area (Å²) in [5.41, 5.74) is 0.421. The van der Waals surface area contributed by atoms with Gasteiger partial charge in [0.25, 0.3) is 0 Å². The number of nitrogens with one attached hydrogen (secondary N) is 1. The van der Waals surface area contributed by atoms with E-state index in [-0.39, 0.29) is 11.8 Å². The third kappa shape index (κ3) is 4.73. The Labute approximate surface area is 132 Å². The number of hydrogen-bond donors (Lipinski definition) is 2. The van der Waals surface area contributed by atoms with Crippen molar-refractivity contribution in [1.29, 1.82) is 0 Å². The van der Waals surface area contributed by atoms with Crippen LogP contribution in [0.15, 0.2) is 24.3 Å². The third-order valence-electron chi connectivity index (χ3n) is 4.58. The molecule has 1 atom stereocenters. The lowest BCUT2D eigenvalue weighted by Gasteiger charge is -2.32. The van der Waals surface area contributed by atoms with Gasteiger partial charge in [-0.05, 0) is 36.5 Å². The fraction of sp³-hybridized carbons (Fsp3) is 0.611. The van der Waals surface area contributed by atoms with Crippen LogP contribution in [0, 0.1) is 0 Å². The number of aliphatic hydroxyl groups is 1. The molecule has 0 aromatic heterocycles. The van der Waals surface area contributed by atoms with E-state index in [1.165, 1.54) is 6.42 Å². The second-order valence-electron chi connectivity index (χ2n) is 6.44. The highest BCUT2D eigenvalue weighted by Gasteiger charge is 2.29. The van der Waals surface area contributed by atoms with Crippen molar-refractivity contribution in [3.63, 3.8) is 0 Å². The molecule has 1 unspecified atom stereocenters. The van der Waals surface area contributed by atoms with E-state index in [0.717, 1.165) is 37.0 Å². The van der Waals surface area contributed by atoms with Crippen molar-refractivity contribution >= 4 is 5.91 Å². The van der Waals surface area contributed by atoms with Crippen LogP contribution in [0.2, 0.25) is 0 Å². The predicted octanol–water partition coefficient (Wildman–Crippen LogP) is 3.00. The van der Waals surface area contributed by atoms with E-state index in [4.69, 9.17) is 4.74 Å². The minimum absolute atomic E-state index is 0.00214. The molecule has 1 aliphatic carbocycles. The Balaban J connectivity index is 1.80. The van der Waals surface area contributed by atoms with E-state index in [9.17, 15) is 9.90 Å². The van der Waals surface area contributed by atoms with Crippen molar-refractivity contribution in [2.75, 3.05) is 13.7 Å². The zero-order valence-corrected chi connectivity index (χ0v) is 13.6. The number of hydrogen-bond acceptors (Lipinski definition) is 3. The van der Waals surface area contributed by atoms with Crippen molar-refractivity contribution in [2.45, 2.75) is 57.0 Å². The van der Waals surface area contributed by atoms with Crippen LogP contribution < -0.4 is 10.1 Å². The first kappa shape index (κ1) is 16.8. The summed E-state index contributed by atoms with van der Waals surface area (Å²) in [5.74, 6) is 0.967. The zero-order chi connectivity index (χ0) is 16.0. The lowest BCUT2D eigenvalue weighted by Crippen LogP contribution is -2.44. The SMILES string of the molecule is COc1ccc(C(C)CC(=O)NCC2(O)CCCCC2)cc1. The zero-order valence-electron chi connectivity index (χ0n) is 13.6. The van der Waals surface area contributed by atoms with Gasteiger partial charge in [0.05, 0.1) is 12.7 Å². The van der Waals surface area contributed by atoms with E-state index in [2.05, 4.69) is 5.32 Å². The summed E-state index contributed by atoms with van der Waals surface area (Å²) in [6, 6.07) is 7.81. The Morgan fingerprint density at radius 3 is 2.50 bits per heavy atom. The van der Waals surface area contributed by atoms with Crippen LogP contribution in [0.25, 0.3) is 0 Å². The number of methoxy groups -OCH3 is 1. The van der Waals surface area contributed by atoms with Crippen LogP contribution in [0.5, 0.6) is 5.75 Å². The van der Waals surface area contributed by atoms with Crippen molar-refractivity contribution < 1.29 is 14.6 Å². The van der Waals surface area contributed by atoms with Gasteiger partial charge >= 0.3 is 0 Å². The molecule has 2 rings (SSSR count). The summed E-state index contributed by atoms with van der Waals surface area (Å²) >= 11 is 0. The maximum Gasteiger partial charge on any atom is 0.220 e. The van der Waals surface area contributed by atoms with Crippen molar-refractivity contribution in [1.82, 2.24) is 5.32 Å². The topological polar surface area (TPSA) is 58.6 Å². The predicted molar refractivity (Wildman–Crippen MR) is 87.1 cm³/mol. The molecule has 0 aliphatic heterocycles. The van der Waals surface area contributed by atoms with Gasteiger partial charge in [-0.3, -0.25) is 4.79 Å². The molecule has 1 aromatic carbocycles. The van der Waals surface area contributed by atoms with Gasteiger partial charge < -0.3 is 15.2 Å². The maximum atomic E-state index is 12.1. The Morgan fingerprint density at radius 1 is 1.27 bits per heavy atom. The molecule has 1 aliphatic rings. The average molecular weight is 305 g/mol. The first-order valence-corrected chi connectivity index (χ1v) is 8.15. The van der Waals surface area contributed by atoms with Gasteiger partial charge in [-0.2, -0.15) is 0 Å². The number of amides is 1. The van der Waals surface area contributed by atoms with Crippen molar-refractivity contribution in [2.24, 2.45) is 0 Å². The molecular weight excluding hydrogens is 278 g/mol. The summed E-state index contributed by atoms with van der Waals surface area (Å²) in [6.07, 6.45) is 5.30. The standard InChI is InChI=1S/C18H27NO3/c1-14(15-6-8-16(22-2)9-7-15)12-17(20)19-13-18(21)10-4-3-5-11-18/h6-9,14,21H,3-5,10-13H2,1-2H3,(H,19,20). The number of rotatable bonds is 6. The molecule has 0 radical (unpaired) electrons. The van der Waals surface area contributed by atoms with Crippen molar-refractivity contribution in [3.05, 3.63) is 29.8 Å². The first-order valence-electron chi connectivity index (χ1n) is 8.15. The Bertz CT molecular complexity index is 478. The highest BCUT2D eigenvalue weighted by molar-refractivity contribution is 5.76. The monoisotopic (exact) mass is 305 g/mol. The quantitative estimate of drug-likeness (QED) is 0.849. The molecule has 122 valence electrons. The highest BCUT2D eigenvalue weighted by atomic mass is 16.5. The van der Waals surface area contributed by atoms with Crippen LogP contribution in [0.4, 0.5) is 0 Å². The Morgan fingerprint density at radius 2 is 1.91 bits per heavy atom. The molecule has 0 saturated heterocycles. The van der Waals surface area contributed by atoms with Gasteiger partial charge in [0, 0.05) is 13.0 Å². The first-order chi connectivity index (χ1) is 10.5. The summed E-state index contributed by atoms with van der Waals surface area (Å²) in [7, 11) is 1.64. The molecule has 1 fully saturated rings. The molecule has 2 N–H and O–H groups in total. The largest absolute Gasteiger partial charge is 0.497 e. The minimum Gasteiger partial charge on any atom is -0.497 e. The second kappa shape index (κ2) is 7.63. The normalized spacial score (nSPS) is 18.5. The molecule has 4 nitrogen and oxygen atoms in total. The summed E-state index contributed by atoms with van der Waals surface area (Å²) in [5, 5.41) is 13.3. The highest BCUT2D eigenvalue weighted by Crippen LogP contribution is 2.27. The summed E-state index contributed by atoms with van der Waals surface area (Å²) < 4.78 is 5.14. The van der Waals surface area contributed by atoms with E-state index in [1.807, 2.05) is 31.2 Å². The van der Waals surface area contributed by atoms with Crippen LogP contribution >= 0.6 is 0 Å². The summed E-state index contributed by atoms with van der Waals surface area (Å²) in [4.78, 5) is 12.1. The minimum atomic E-state index is -0.697. The van der Waals surface area contributed by atoms with Crippen LogP contribution in [0.1, 0.15) is 56.9 Å². The fourth-order valence-corrected chi connectivity index (χ4v) is 3.05. The molecule has 4 heteroatoms. The van der Waals surface area contributed by atoms with E-state index < -0.39 is 5.60 Å². The smallest absolute Gasteiger partial charge is 0.220 e. The van der Waals surface area contributed by atoms with Gasteiger partial charge in [-0.15, -0.1) is 0 Å². The number of benzene rings is 1. The van der Waals surface area contributed by atoms with Gasteiger partial charge in [-0.25, -0.2) is 0 Å². The second-order valence-corrected chi connectivity index (χ2v) is 6.44. The van der Waals surface area contributed by atoms with Gasteiger partial charge in [-0.1, -0.05) is 38.3 Å². The summed E-state index contributed by atoms with van der Waals surface area (Å²) in [6.45, 7) is 2.41. The van der Waals surface area contributed by atoms with Crippen molar-refractivity contribution in [3.8, 4) is 5.75 Å². The Kier molecular flexibility index (Phi) is 5.83. The molecule has 1 saturated carbocycles. The average Bonchev–Trinajstić information content (AvgIpc) is 2.54. The Hall–Kier alpha value is -1.55. The van der Waals surface area contributed by atoms with Gasteiger partial charge in [0.15, 0.2) is 0 Å². The lowest BCUT2D eigenvalue weighted by molar-refractivity contribution is -0.123. The molecule has 22 heavy (non-hydrogen) atoms. The van der Waals surface area contributed by atoms with Crippen LogP contribution in [0.3, 0.4) is 0 Å². The van der Waals surface area contributed by atoms with E-state index >= 15 is 0 Å². The number of ether oxygens (including phenoxy) is 1.